The molecule has 4 nitrogen and oxygen atoms in total. The van der Waals surface area contributed by atoms with Gasteiger partial charge in [0.15, 0.2) is 0 Å². The highest BCUT2D eigenvalue weighted by atomic mass is 32.2. The molecule has 0 spiro atoms. The molecule has 1 atom stereocenters. The fourth-order valence-electron chi connectivity index (χ4n) is 0.516. The smallest absolute Gasteiger partial charge is 0.265 e. The van der Waals surface area contributed by atoms with Gasteiger partial charge in [0, 0.05) is 6.54 Å². The summed E-state index contributed by atoms with van der Waals surface area (Å²) in [6, 6.07) is 0. The van der Waals surface area contributed by atoms with E-state index in [9.17, 15) is 17.2 Å². The number of rotatable bonds is 6. The van der Waals surface area contributed by atoms with Crippen LogP contribution >= 0.6 is 0 Å². The first kappa shape index (κ1) is 12.5. The molecule has 0 aliphatic carbocycles. The van der Waals surface area contributed by atoms with Crippen LogP contribution in [0.1, 0.15) is 0 Å². The molecule has 78 valence electrons. The van der Waals surface area contributed by atoms with Crippen molar-refractivity contribution in [1.29, 1.82) is 0 Å². The monoisotopic (exact) mass is 215 g/mol. The molecule has 0 bridgehead atoms. The van der Waals surface area contributed by atoms with Gasteiger partial charge in [-0.1, -0.05) is 6.08 Å². The lowest BCUT2D eigenvalue weighted by Crippen LogP contribution is -2.36. The molecule has 0 aliphatic heterocycles. The maximum atomic E-state index is 11.7. The lowest BCUT2D eigenvalue weighted by molar-refractivity contribution is -0.000441. The molecule has 0 radical (unpaired) electrons. The van der Waals surface area contributed by atoms with Crippen LogP contribution < -0.4 is 4.72 Å². The Kier molecular flexibility index (Phi) is 5.04. The van der Waals surface area contributed by atoms with Crippen molar-refractivity contribution < 1.29 is 22.3 Å². The average molecular weight is 215 g/mol. The van der Waals surface area contributed by atoms with Gasteiger partial charge in [0.25, 0.3) is 6.43 Å². The largest absolute Gasteiger partial charge is 0.386 e. The molecule has 2 N–H and O–H groups in total. The predicted octanol–water partition coefficient (Wildman–Crippen LogP) is -0.282. The van der Waals surface area contributed by atoms with Crippen LogP contribution in [0.25, 0.3) is 0 Å². The van der Waals surface area contributed by atoms with Crippen LogP contribution in [-0.2, 0) is 10.0 Å². The van der Waals surface area contributed by atoms with Crippen LogP contribution in [0.3, 0.4) is 0 Å². The van der Waals surface area contributed by atoms with Gasteiger partial charge in [0.1, 0.15) is 6.10 Å². The Balaban J connectivity index is 3.95. The van der Waals surface area contributed by atoms with E-state index < -0.39 is 29.1 Å². The molecular formula is C6H11F2NO3S. The molecule has 13 heavy (non-hydrogen) atoms. The summed E-state index contributed by atoms with van der Waals surface area (Å²) in [4.78, 5) is 0. The van der Waals surface area contributed by atoms with Gasteiger partial charge in [-0.25, -0.2) is 21.9 Å². The first-order valence-corrected chi connectivity index (χ1v) is 5.08. The Hall–Kier alpha value is -0.530. The lowest BCUT2D eigenvalue weighted by Gasteiger charge is -2.09. The number of hydrogen-bond acceptors (Lipinski definition) is 3. The third-order valence-corrected chi connectivity index (χ3v) is 2.42. The first-order chi connectivity index (χ1) is 5.89. The average Bonchev–Trinajstić information content (AvgIpc) is 2.00. The third kappa shape index (κ3) is 5.67. The normalized spacial score (nSPS) is 14.5. The Bertz CT molecular complexity index is 253. The van der Waals surface area contributed by atoms with E-state index in [0.717, 1.165) is 6.08 Å². The van der Waals surface area contributed by atoms with Gasteiger partial charge in [-0.05, 0) is 0 Å². The van der Waals surface area contributed by atoms with Crippen molar-refractivity contribution in [1.82, 2.24) is 4.72 Å². The van der Waals surface area contributed by atoms with Crippen LogP contribution in [0, 0.1) is 0 Å². The lowest BCUT2D eigenvalue weighted by atomic mass is 10.4. The fourth-order valence-corrected chi connectivity index (χ4v) is 1.37. The molecule has 0 rings (SSSR count). The van der Waals surface area contributed by atoms with Gasteiger partial charge in [-0.15, -0.1) is 6.58 Å². The van der Waals surface area contributed by atoms with E-state index in [1.54, 1.807) is 0 Å². The number of nitrogens with one attached hydrogen (secondary N) is 1. The van der Waals surface area contributed by atoms with Crippen LogP contribution in [0.4, 0.5) is 8.78 Å². The zero-order chi connectivity index (χ0) is 10.5. The topological polar surface area (TPSA) is 66.4 Å². The van der Waals surface area contributed by atoms with Gasteiger partial charge in [0.05, 0.1) is 5.75 Å². The summed E-state index contributed by atoms with van der Waals surface area (Å²) < 4.78 is 46.8. The van der Waals surface area contributed by atoms with Crippen LogP contribution in [0.2, 0.25) is 0 Å². The van der Waals surface area contributed by atoms with Crippen LogP contribution in [0.5, 0.6) is 0 Å². The Labute approximate surface area is 75.3 Å². The molecular weight excluding hydrogens is 204 g/mol. The zero-order valence-corrected chi connectivity index (χ0v) is 7.60. The summed E-state index contributed by atoms with van der Waals surface area (Å²) in [6.45, 7) is 2.49. The summed E-state index contributed by atoms with van der Waals surface area (Å²) in [6.07, 6.45) is -3.80. The standard InChI is InChI=1S/C6H11F2NO3S/c1-2-3-13(11,12)9-4-5(10)6(7)8/h2,5-6,9-10H,1,3-4H2. The highest BCUT2D eigenvalue weighted by Crippen LogP contribution is 1.99. The van der Waals surface area contributed by atoms with Crippen molar-refractivity contribution >= 4 is 10.0 Å². The van der Waals surface area contributed by atoms with Crippen molar-refractivity contribution in [2.75, 3.05) is 12.3 Å². The highest BCUT2D eigenvalue weighted by molar-refractivity contribution is 7.89. The summed E-state index contributed by atoms with van der Waals surface area (Å²) in [5.41, 5.74) is 0. The van der Waals surface area contributed by atoms with Crippen molar-refractivity contribution in [3.8, 4) is 0 Å². The SMILES string of the molecule is C=CCS(=O)(=O)NCC(O)C(F)F. The summed E-state index contributed by atoms with van der Waals surface area (Å²) in [5.74, 6) is -0.358. The molecule has 0 saturated carbocycles. The molecule has 0 amide bonds. The van der Waals surface area contributed by atoms with Gasteiger partial charge >= 0.3 is 0 Å². The van der Waals surface area contributed by atoms with E-state index in [4.69, 9.17) is 5.11 Å². The molecule has 0 saturated heterocycles. The second-order valence-electron chi connectivity index (χ2n) is 2.32. The second kappa shape index (κ2) is 5.25. The minimum Gasteiger partial charge on any atom is -0.386 e. The van der Waals surface area contributed by atoms with Gasteiger partial charge in [-0.3, -0.25) is 0 Å². The van der Waals surface area contributed by atoms with Crippen molar-refractivity contribution in [2.24, 2.45) is 0 Å². The summed E-state index contributed by atoms with van der Waals surface area (Å²) in [7, 11) is -3.62. The molecule has 0 aromatic carbocycles. The molecule has 0 aliphatic rings. The van der Waals surface area contributed by atoms with E-state index in [1.165, 1.54) is 0 Å². The zero-order valence-electron chi connectivity index (χ0n) is 6.78. The Morgan fingerprint density at radius 1 is 1.54 bits per heavy atom. The maximum absolute atomic E-state index is 11.7. The quantitative estimate of drug-likeness (QED) is 0.599. The number of sulfonamides is 1. The predicted molar refractivity (Wildman–Crippen MR) is 44.0 cm³/mol. The van der Waals surface area contributed by atoms with Gasteiger partial charge in [0.2, 0.25) is 10.0 Å². The van der Waals surface area contributed by atoms with Crippen molar-refractivity contribution in [3.05, 3.63) is 12.7 Å². The van der Waals surface area contributed by atoms with Gasteiger partial charge in [-0.2, -0.15) is 0 Å². The van der Waals surface area contributed by atoms with Crippen LogP contribution in [0.15, 0.2) is 12.7 Å². The number of halogens is 2. The van der Waals surface area contributed by atoms with E-state index in [1.807, 2.05) is 4.72 Å². The highest BCUT2D eigenvalue weighted by Gasteiger charge is 2.18. The summed E-state index contributed by atoms with van der Waals surface area (Å²) >= 11 is 0. The summed E-state index contributed by atoms with van der Waals surface area (Å²) in [5, 5.41) is 8.56. The maximum Gasteiger partial charge on any atom is 0.265 e. The number of alkyl halides is 2. The minimum absolute atomic E-state index is 0.358. The van der Waals surface area contributed by atoms with E-state index in [0.29, 0.717) is 0 Å². The third-order valence-electron chi connectivity index (χ3n) is 1.14. The fraction of sp³-hybridized carbons (Fsp3) is 0.667. The molecule has 0 aromatic rings. The number of hydrogen-bond donors (Lipinski definition) is 2. The number of aliphatic hydroxyl groups excluding tert-OH is 1. The van der Waals surface area contributed by atoms with E-state index in [2.05, 4.69) is 6.58 Å². The molecule has 0 fully saturated rings. The first-order valence-electron chi connectivity index (χ1n) is 3.43. The molecule has 0 aromatic heterocycles. The van der Waals surface area contributed by atoms with E-state index >= 15 is 0 Å². The number of aliphatic hydroxyl groups is 1. The van der Waals surface area contributed by atoms with Crippen LogP contribution in [-0.4, -0.2) is 38.4 Å². The molecule has 0 heterocycles. The van der Waals surface area contributed by atoms with Gasteiger partial charge < -0.3 is 5.11 Å². The Morgan fingerprint density at radius 3 is 2.46 bits per heavy atom. The Morgan fingerprint density at radius 2 is 2.08 bits per heavy atom. The minimum atomic E-state index is -3.62. The molecule has 7 heteroatoms. The van der Waals surface area contributed by atoms with Crippen molar-refractivity contribution in [3.63, 3.8) is 0 Å². The second-order valence-corrected chi connectivity index (χ2v) is 4.17. The van der Waals surface area contributed by atoms with Crippen molar-refractivity contribution in [2.45, 2.75) is 12.5 Å². The molecule has 1 unspecified atom stereocenters. The van der Waals surface area contributed by atoms with E-state index in [-0.39, 0.29) is 5.75 Å².